The average Bonchev–Trinajstić information content (AvgIpc) is 2.69. The second kappa shape index (κ2) is 20.4. The molecule has 0 fully saturated rings. The maximum atomic E-state index is 6.87. The van der Waals surface area contributed by atoms with Crippen LogP contribution in [0.25, 0.3) is 0 Å². The van der Waals surface area contributed by atoms with Crippen LogP contribution in [0.5, 0.6) is 0 Å². The second-order valence-electron chi connectivity index (χ2n) is 7.85. The molecular formula is C23H50O3Sn2. The van der Waals surface area contributed by atoms with Crippen LogP contribution in [0.15, 0.2) is 0 Å². The van der Waals surface area contributed by atoms with Gasteiger partial charge in [-0.1, -0.05) is 0 Å². The maximum absolute atomic E-state index is 6.87. The molecule has 0 saturated heterocycles. The normalized spacial score (nSPS) is 12.4. The summed E-state index contributed by atoms with van der Waals surface area (Å²) in [5, 5.41) is 0. The van der Waals surface area contributed by atoms with Crippen molar-refractivity contribution < 1.29 is 12.5 Å². The fourth-order valence-electron chi connectivity index (χ4n) is 3.49. The predicted octanol–water partition coefficient (Wildman–Crippen LogP) is 7.81. The standard InChI is InChI=1S/C7H14O3.4C4H9.2Sn/c1-4-7(8,9-5-2)10-6-3;4*1-3-4-2;;/h1,4-6H2,2-3H3;4*1,3-4H2,2H3;;/q-1;;;;;;+1. The van der Waals surface area contributed by atoms with Gasteiger partial charge in [0, 0.05) is 0 Å². The first-order chi connectivity index (χ1) is 13.6. The summed E-state index contributed by atoms with van der Waals surface area (Å²) in [6.07, 6.45) is 11.6. The number of hydrogen-bond acceptors (Lipinski definition) is 3. The van der Waals surface area contributed by atoms with Gasteiger partial charge in [-0.3, -0.25) is 0 Å². The monoisotopic (exact) mass is 614 g/mol. The number of hydrogen-bond donors (Lipinski definition) is 0. The molecule has 0 atom stereocenters. The Bertz CT molecular complexity index is 307. The molecule has 168 valence electrons. The summed E-state index contributed by atoms with van der Waals surface area (Å²) in [6.45, 7) is 14.8. The molecule has 3 nitrogen and oxygen atoms in total. The molecule has 0 aromatic heterocycles. The summed E-state index contributed by atoms with van der Waals surface area (Å²) in [4.78, 5) is 0. The van der Waals surface area contributed by atoms with Gasteiger partial charge in [0.05, 0.1) is 0 Å². The van der Waals surface area contributed by atoms with Gasteiger partial charge in [0.15, 0.2) is 0 Å². The summed E-state index contributed by atoms with van der Waals surface area (Å²) in [6, 6.07) is 0. The van der Waals surface area contributed by atoms with Gasteiger partial charge in [0.1, 0.15) is 0 Å². The molecule has 0 heterocycles. The molecule has 5 heteroatoms. The molecule has 0 N–H and O–H groups in total. The molecule has 0 amide bonds. The zero-order chi connectivity index (χ0) is 21.1. The Morgan fingerprint density at radius 3 is 1.39 bits per heavy atom. The fourth-order valence-corrected chi connectivity index (χ4v) is 19.8. The third-order valence-electron chi connectivity index (χ3n) is 5.20. The SMILES string of the molecule is CCC[CH2][Sn]([CH2]CCC)[CH2]CC(OCC)(OCC)[O][Sn]([CH2]CCC)[CH2]CCC. The Labute approximate surface area is 192 Å². The minimum absolute atomic E-state index is 0.681. The predicted molar refractivity (Wildman–Crippen MR) is 127 cm³/mol. The van der Waals surface area contributed by atoms with Crippen LogP contribution in [0.1, 0.15) is 99.3 Å². The van der Waals surface area contributed by atoms with Crippen molar-refractivity contribution in [3.05, 3.63) is 0 Å². The molecule has 0 bridgehead atoms. The van der Waals surface area contributed by atoms with E-state index in [2.05, 4.69) is 41.5 Å². The molecule has 0 rings (SSSR count). The Kier molecular flexibility index (Phi) is 21.5. The first kappa shape index (κ1) is 29.5. The van der Waals surface area contributed by atoms with Crippen LogP contribution in [0.4, 0.5) is 0 Å². The van der Waals surface area contributed by atoms with Gasteiger partial charge >= 0.3 is 193 Å². The molecule has 0 aliphatic rings. The van der Waals surface area contributed by atoms with E-state index in [1.54, 1.807) is 0 Å². The molecular weight excluding hydrogens is 562 g/mol. The van der Waals surface area contributed by atoms with Crippen molar-refractivity contribution in [2.45, 2.75) is 127 Å². The van der Waals surface area contributed by atoms with Gasteiger partial charge in [0.2, 0.25) is 0 Å². The zero-order valence-electron chi connectivity index (χ0n) is 20.0. The number of rotatable bonds is 21. The molecule has 0 aromatic rings. The Morgan fingerprint density at radius 2 is 1.00 bits per heavy atom. The fraction of sp³-hybridized carbons (Fsp3) is 1.00. The van der Waals surface area contributed by atoms with Gasteiger partial charge in [-0.2, -0.15) is 0 Å². The summed E-state index contributed by atoms with van der Waals surface area (Å²) in [5.74, 6) is -0.718. The van der Waals surface area contributed by atoms with E-state index in [1.165, 1.54) is 73.6 Å². The van der Waals surface area contributed by atoms with E-state index in [1.807, 2.05) is 0 Å². The van der Waals surface area contributed by atoms with Crippen molar-refractivity contribution in [1.82, 2.24) is 0 Å². The molecule has 0 aliphatic carbocycles. The van der Waals surface area contributed by atoms with Gasteiger partial charge in [-0.15, -0.1) is 0 Å². The quantitative estimate of drug-likeness (QED) is 0.0979. The van der Waals surface area contributed by atoms with E-state index in [0.29, 0.717) is 13.2 Å². The van der Waals surface area contributed by atoms with Crippen LogP contribution >= 0.6 is 0 Å². The van der Waals surface area contributed by atoms with Gasteiger partial charge in [-0.05, 0) is 0 Å². The first-order valence-corrected chi connectivity index (χ1v) is 23.5. The number of ether oxygens (including phenoxy) is 2. The second-order valence-corrected chi connectivity index (χ2v) is 22.9. The van der Waals surface area contributed by atoms with Crippen LogP contribution in [-0.2, 0) is 12.5 Å². The molecule has 28 heavy (non-hydrogen) atoms. The molecule has 0 aromatic carbocycles. The average molecular weight is 612 g/mol. The van der Waals surface area contributed by atoms with Gasteiger partial charge < -0.3 is 0 Å². The molecule has 0 unspecified atom stereocenters. The van der Waals surface area contributed by atoms with E-state index < -0.39 is 45.9 Å². The van der Waals surface area contributed by atoms with Crippen LogP contribution in [0, 0.1) is 0 Å². The Hall–Kier alpha value is 1.48. The topological polar surface area (TPSA) is 27.7 Å². The van der Waals surface area contributed by atoms with Crippen LogP contribution in [0.3, 0.4) is 0 Å². The molecule has 2 radical (unpaired) electrons. The van der Waals surface area contributed by atoms with Gasteiger partial charge in [0.25, 0.3) is 0 Å². The third-order valence-corrected chi connectivity index (χ3v) is 20.9. The Balaban J connectivity index is 5.13. The summed E-state index contributed by atoms with van der Waals surface area (Å²) < 4.78 is 26.4. The summed E-state index contributed by atoms with van der Waals surface area (Å²) >= 11 is -3.29. The summed E-state index contributed by atoms with van der Waals surface area (Å²) in [7, 11) is 0. The van der Waals surface area contributed by atoms with Crippen LogP contribution in [0.2, 0.25) is 22.2 Å². The van der Waals surface area contributed by atoms with E-state index in [9.17, 15) is 0 Å². The summed E-state index contributed by atoms with van der Waals surface area (Å²) in [5.41, 5.74) is 0. The zero-order valence-corrected chi connectivity index (χ0v) is 25.7. The van der Waals surface area contributed by atoms with Crippen molar-refractivity contribution >= 4 is 39.9 Å². The van der Waals surface area contributed by atoms with Crippen molar-refractivity contribution in [1.29, 1.82) is 0 Å². The molecule has 0 saturated carbocycles. The van der Waals surface area contributed by atoms with Crippen LogP contribution in [-0.4, -0.2) is 59.1 Å². The van der Waals surface area contributed by atoms with Crippen molar-refractivity contribution in [2.24, 2.45) is 0 Å². The Morgan fingerprint density at radius 1 is 0.571 bits per heavy atom. The van der Waals surface area contributed by atoms with Crippen LogP contribution < -0.4 is 0 Å². The molecule has 0 spiro atoms. The van der Waals surface area contributed by atoms with E-state index in [-0.39, 0.29) is 0 Å². The minimum atomic E-state index is -1.94. The van der Waals surface area contributed by atoms with Crippen molar-refractivity contribution in [2.75, 3.05) is 13.2 Å². The molecule has 0 aliphatic heterocycles. The van der Waals surface area contributed by atoms with Crippen molar-refractivity contribution in [3.63, 3.8) is 0 Å². The van der Waals surface area contributed by atoms with E-state index >= 15 is 0 Å². The van der Waals surface area contributed by atoms with E-state index in [4.69, 9.17) is 12.5 Å². The van der Waals surface area contributed by atoms with E-state index in [0.717, 1.165) is 6.42 Å². The number of unbranched alkanes of at least 4 members (excludes halogenated alkanes) is 4. The van der Waals surface area contributed by atoms with Gasteiger partial charge in [-0.25, -0.2) is 0 Å². The first-order valence-electron chi connectivity index (χ1n) is 12.3. The third kappa shape index (κ3) is 14.5. The van der Waals surface area contributed by atoms with Crippen molar-refractivity contribution in [3.8, 4) is 0 Å².